The number of aromatic nitrogens is 2. The fraction of sp³-hybridized carbons (Fsp3) is 0. The molecule has 0 saturated heterocycles. The van der Waals surface area contributed by atoms with Crippen molar-refractivity contribution >= 4 is 44.3 Å². The lowest BCUT2D eigenvalue weighted by atomic mass is 10.1. The second-order valence-corrected chi connectivity index (χ2v) is 6.47. The van der Waals surface area contributed by atoms with Crippen LogP contribution in [0.4, 0.5) is 5.82 Å². The van der Waals surface area contributed by atoms with E-state index >= 15 is 0 Å². The molecule has 21 heavy (non-hydrogen) atoms. The first-order valence-electron chi connectivity index (χ1n) is 6.29. The highest BCUT2D eigenvalue weighted by molar-refractivity contribution is 14.1. The second-order valence-electron chi connectivity index (χ2n) is 4.47. The number of rotatable bonds is 2. The average molecular weight is 452 g/mol. The summed E-state index contributed by atoms with van der Waals surface area (Å²) in [5.74, 6) is 1.13. The Kier molecular flexibility index (Phi) is 4.21. The van der Waals surface area contributed by atoms with Gasteiger partial charge in [0.25, 0.3) is 0 Å². The zero-order valence-corrected chi connectivity index (χ0v) is 14.7. The Labute approximate surface area is 144 Å². The van der Waals surface area contributed by atoms with Gasteiger partial charge in [-0.1, -0.05) is 58.4 Å². The molecule has 1 heterocycles. The molecule has 2 N–H and O–H groups in total. The molecule has 0 aliphatic carbocycles. The molecule has 2 aromatic carbocycles. The number of nitrogen functional groups attached to an aromatic ring is 1. The van der Waals surface area contributed by atoms with Crippen molar-refractivity contribution in [2.75, 3.05) is 5.73 Å². The summed E-state index contributed by atoms with van der Waals surface area (Å²) < 4.78 is 1.86. The highest BCUT2D eigenvalue weighted by atomic mass is 127. The zero-order chi connectivity index (χ0) is 14.8. The van der Waals surface area contributed by atoms with Crippen molar-refractivity contribution in [3.05, 3.63) is 62.6 Å². The topological polar surface area (TPSA) is 51.8 Å². The largest absolute Gasteiger partial charge is 0.383 e. The number of nitrogens with two attached hydrogens (primary N) is 1. The molecule has 0 saturated carbocycles. The number of halogens is 2. The summed E-state index contributed by atoms with van der Waals surface area (Å²) in [5.41, 5.74) is 8.89. The molecule has 3 rings (SSSR count). The first-order chi connectivity index (χ1) is 10.1. The molecular formula is C16H11BrIN3. The van der Waals surface area contributed by atoms with Crippen LogP contribution in [-0.2, 0) is 0 Å². The molecule has 0 bridgehead atoms. The number of hydrogen-bond acceptors (Lipinski definition) is 3. The molecule has 1 aromatic heterocycles. The number of anilines is 1. The Morgan fingerprint density at radius 2 is 1.62 bits per heavy atom. The molecule has 0 fully saturated rings. The van der Waals surface area contributed by atoms with Gasteiger partial charge in [-0.05, 0) is 34.7 Å². The number of nitrogens with zero attached hydrogens (tertiary/aromatic N) is 2. The maximum absolute atomic E-state index is 6.06. The zero-order valence-electron chi connectivity index (χ0n) is 10.9. The van der Waals surface area contributed by atoms with Crippen LogP contribution in [0.2, 0.25) is 0 Å². The average Bonchev–Trinajstić information content (AvgIpc) is 2.51. The van der Waals surface area contributed by atoms with Crippen molar-refractivity contribution in [2.45, 2.75) is 0 Å². The predicted octanol–water partition coefficient (Wildman–Crippen LogP) is 4.76. The van der Waals surface area contributed by atoms with Gasteiger partial charge in [0.15, 0.2) is 5.82 Å². The van der Waals surface area contributed by atoms with Crippen LogP contribution in [0, 0.1) is 3.57 Å². The lowest BCUT2D eigenvalue weighted by Crippen LogP contribution is -2.02. The third kappa shape index (κ3) is 3.08. The summed E-state index contributed by atoms with van der Waals surface area (Å²) in [5, 5.41) is 0. The minimum Gasteiger partial charge on any atom is -0.383 e. The van der Waals surface area contributed by atoms with Crippen LogP contribution in [0.15, 0.2) is 59.1 Å². The summed E-state index contributed by atoms with van der Waals surface area (Å²) in [6.45, 7) is 0. The Morgan fingerprint density at radius 3 is 2.33 bits per heavy atom. The van der Waals surface area contributed by atoms with Crippen molar-refractivity contribution in [1.82, 2.24) is 9.97 Å². The molecular weight excluding hydrogens is 441 g/mol. The van der Waals surface area contributed by atoms with Gasteiger partial charge in [0, 0.05) is 15.6 Å². The summed E-state index contributed by atoms with van der Waals surface area (Å²) in [4.78, 5) is 9.10. The van der Waals surface area contributed by atoms with E-state index in [0.717, 1.165) is 24.9 Å². The molecule has 0 atom stereocenters. The molecule has 0 spiro atoms. The fourth-order valence-corrected chi connectivity index (χ4v) is 2.96. The SMILES string of the molecule is Nc1nc(-c2cccc(Br)c2)nc(-c2ccccc2)c1I. The molecule has 3 nitrogen and oxygen atoms in total. The van der Waals surface area contributed by atoms with E-state index in [2.05, 4.69) is 43.5 Å². The highest BCUT2D eigenvalue weighted by Crippen LogP contribution is 2.29. The van der Waals surface area contributed by atoms with E-state index in [1.807, 2.05) is 54.6 Å². The lowest BCUT2D eigenvalue weighted by molar-refractivity contribution is 1.17. The van der Waals surface area contributed by atoms with E-state index in [9.17, 15) is 0 Å². The van der Waals surface area contributed by atoms with Crippen LogP contribution in [0.5, 0.6) is 0 Å². The summed E-state index contributed by atoms with van der Waals surface area (Å²) in [6.07, 6.45) is 0. The van der Waals surface area contributed by atoms with Gasteiger partial charge < -0.3 is 5.73 Å². The second kappa shape index (κ2) is 6.11. The van der Waals surface area contributed by atoms with Crippen molar-refractivity contribution in [1.29, 1.82) is 0 Å². The molecule has 0 unspecified atom stereocenters. The van der Waals surface area contributed by atoms with Gasteiger partial charge in [0.05, 0.1) is 9.26 Å². The van der Waals surface area contributed by atoms with Crippen molar-refractivity contribution in [3.8, 4) is 22.6 Å². The van der Waals surface area contributed by atoms with E-state index in [0.29, 0.717) is 11.6 Å². The van der Waals surface area contributed by atoms with Gasteiger partial charge in [-0.3, -0.25) is 0 Å². The van der Waals surface area contributed by atoms with Gasteiger partial charge in [-0.2, -0.15) is 0 Å². The van der Waals surface area contributed by atoms with Crippen molar-refractivity contribution < 1.29 is 0 Å². The van der Waals surface area contributed by atoms with Crippen LogP contribution in [-0.4, -0.2) is 9.97 Å². The quantitative estimate of drug-likeness (QED) is 0.571. The van der Waals surface area contributed by atoms with Gasteiger partial charge >= 0.3 is 0 Å². The maximum Gasteiger partial charge on any atom is 0.162 e. The normalized spacial score (nSPS) is 10.6. The summed E-state index contributed by atoms with van der Waals surface area (Å²) in [6, 6.07) is 17.9. The van der Waals surface area contributed by atoms with Crippen molar-refractivity contribution in [2.24, 2.45) is 0 Å². The highest BCUT2D eigenvalue weighted by Gasteiger charge is 2.13. The van der Waals surface area contributed by atoms with E-state index < -0.39 is 0 Å². The minimum atomic E-state index is 0.499. The van der Waals surface area contributed by atoms with Crippen LogP contribution in [0.25, 0.3) is 22.6 Å². The van der Waals surface area contributed by atoms with E-state index in [1.54, 1.807) is 0 Å². The Hall–Kier alpha value is -1.47. The van der Waals surface area contributed by atoms with Gasteiger partial charge in [0.1, 0.15) is 5.82 Å². The van der Waals surface area contributed by atoms with Gasteiger partial charge in [-0.15, -0.1) is 0 Å². The van der Waals surface area contributed by atoms with Gasteiger partial charge in [-0.25, -0.2) is 9.97 Å². The van der Waals surface area contributed by atoms with Crippen LogP contribution >= 0.6 is 38.5 Å². The molecule has 0 amide bonds. The Balaban J connectivity index is 2.19. The Morgan fingerprint density at radius 1 is 0.905 bits per heavy atom. The third-order valence-electron chi connectivity index (χ3n) is 3.01. The monoisotopic (exact) mass is 451 g/mol. The maximum atomic E-state index is 6.06. The molecule has 0 radical (unpaired) electrons. The lowest BCUT2D eigenvalue weighted by Gasteiger charge is -2.09. The van der Waals surface area contributed by atoms with Crippen molar-refractivity contribution in [3.63, 3.8) is 0 Å². The summed E-state index contributed by atoms with van der Waals surface area (Å²) >= 11 is 5.66. The molecule has 5 heteroatoms. The molecule has 3 aromatic rings. The minimum absolute atomic E-state index is 0.499. The number of benzene rings is 2. The van der Waals surface area contributed by atoms with E-state index in [4.69, 9.17) is 10.7 Å². The molecule has 0 aliphatic rings. The van der Waals surface area contributed by atoms with E-state index in [1.165, 1.54) is 0 Å². The fourth-order valence-electron chi connectivity index (χ4n) is 2.01. The van der Waals surface area contributed by atoms with Crippen LogP contribution in [0.3, 0.4) is 0 Å². The third-order valence-corrected chi connectivity index (χ3v) is 4.56. The van der Waals surface area contributed by atoms with Crippen LogP contribution < -0.4 is 5.73 Å². The molecule has 104 valence electrons. The molecule has 0 aliphatic heterocycles. The first-order valence-corrected chi connectivity index (χ1v) is 8.16. The van der Waals surface area contributed by atoms with Gasteiger partial charge in [0.2, 0.25) is 0 Å². The summed E-state index contributed by atoms with van der Waals surface area (Å²) in [7, 11) is 0. The predicted molar refractivity (Wildman–Crippen MR) is 97.7 cm³/mol. The standard InChI is InChI=1S/C16H11BrIN3/c17-12-8-4-7-11(9-12)16-20-14(13(18)15(19)21-16)10-5-2-1-3-6-10/h1-9H,(H2,19,20,21). The Bertz CT molecular complexity index is 791. The van der Waals surface area contributed by atoms with Crippen LogP contribution in [0.1, 0.15) is 0 Å². The smallest absolute Gasteiger partial charge is 0.162 e. The van der Waals surface area contributed by atoms with E-state index in [-0.39, 0.29) is 0 Å². The first kappa shape index (κ1) is 14.5. The number of hydrogen-bond donors (Lipinski definition) is 1.